The Labute approximate surface area is 108 Å². The summed E-state index contributed by atoms with van der Waals surface area (Å²) in [6, 6.07) is 5.04. The van der Waals surface area contributed by atoms with E-state index in [0.29, 0.717) is 0 Å². The molecule has 1 aromatic rings. The monoisotopic (exact) mass is 273 g/mol. The summed E-state index contributed by atoms with van der Waals surface area (Å²) in [7, 11) is 0. The maximum absolute atomic E-state index is 12.0. The van der Waals surface area contributed by atoms with Gasteiger partial charge in [0.2, 0.25) is 5.91 Å². The van der Waals surface area contributed by atoms with Crippen molar-refractivity contribution in [3.63, 3.8) is 0 Å². The first-order chi connectivity index (χ1) is 8.75. The number of carboxylic acids is 1. The Balaban J connectivity index is 3.04. The van der Waals surface area contributed by atoms with E-state index in [2.05, 4.69) is 10.1 Å². The number of benzene rings is 1. The smallest absolute Gasteiger partial charge is 0.387 e. The molecule has 0 aliphatic heterocycles. The van der Waals surface area contributed by atoms with Gasteiger partial charge in [-0.1, -0.05) is 12.1 Å². The third kappa shape index (κ3) is 3.64. The fraction of sp³-hybridized carbons (Fsp3) is 0.333. The molecule has 1 atom stereocenters. The molecule has 0 heterocycles. The molecule has 5 nitrogen and oxygen atoms in total. The summed E-state index contributed by atoms with van der Waals surface area (Å²) >= 11 is 0. The van der Waals surface area contributed by atoms with Gasteiger partial charge in [-0.2, -0.15) is 8.78 Å². The van der Waals surface area contributed by atoms with E-state index in [9.17, 15) is 23.5 Å². The highest BCUT2D eigenvalue weighted by molar-refractivity contribution is 5.86. The van der Waals surface area contributed by atoms with Crippen molar-refractivity contribution >= 4 is 11.9 Å². The summed E-state index contributed by atoms with van der Waals surface area (Å²) in [5, 5.41) is 11.5. The molecule has 0 aliphatic rings. The standard InChI is InChI=1S/C12H13F2NO4/c1-7(16)15-12(2,10(17)18)8-3-5-9(6-4-8)19-11(13)14/h3-6,11H,1-2H3,(H,15,16)(H,17,18). The minimum atomic E-state index is -2.95. The number of carbonyl (C=O) groups is 2. The molecule has 0 fully saturated rings. The van der Waals surface area contributed by atoms with Gasteiger partial charge in [0.05, 0.1) is 0 Å². The summed E-state index contributed by atoms with van der Waals surface area (Å²) in [5.41, 5.74) is -1.38. The number of carboxylic acid groups (broad SMARTS) is 1. The molecule has 0 spiro atoms. The largest absolute Gasteiger partial charge is 0.479 e. The number of hydrogen-bond acceptors (Lipinski definition) is 3. The van der Waals surface area contributed by atoms with E-state index in [4.69, 9.17) is 0 Å². The molecule has 1 aromatic carbocycles. The van der Waals surface area contributed by atoms with Crippen molar-refractivity contribution in [3.05, 3.63) is 29.8 Å². The molecule has 0 saturated carbocycles. The first-order valence-electron chi connectivity index (χ1n) is 5.33. The van der Waals surface area contributed by atoms with Gasteiger partial charge in [0.1, 0.15) is 5.75 Å². The zero-order valence-corrected chi connectivity index (χ0v) is 10.3. The van der Waals surface area contributed by atoms with Gasteiger partial charge in [-0.05, 0) is 24.6 Å². The van der Waals surface area contributed by atoms with E-state index in [1.807, 2.05) is 0 Å². The third-order valence-corrected chi connectivity index (χ3v) is 2.51. The van der Waals surface area contributed by atoms with Crippen molar-refractivity contribution < 1.29 is 28.2 Å². The molecule has 1 unspecified atom stereocenters. The maximum Gasteiger partial charge on any atom is 0.387 e. The van der Waals surface area contributed by atoms with E-state index in [-0.39, 0.29) is 11.3 Å². The minimum absolute atomic E-state index is 0.0886. The first kappa shape index (κ1) is 14.9. The van der Waals surface area contributed by atoms with Crippen LogP contribution in [0.5, 0.6) is 5.75 Å². The first-order valence-corrected chi connectivity index (χ1v) is 5.33. The van der Waals surface area contributed by atoms with Gasteiger partial charge in [0.25, 0.3) is 0 Å². The van der Waals surface area contributed by atoms with Gasteiger partial charge in [-0.15, -0.1) is 0 Å². The Bertz CT molecular complexity index is 475. The number of aliphatic carboxylic acids is 1. The fourth-order valence-corrected chi connectivity index (χ4v) is 1.57. The molecule has 0 aromatic heterocycles. The Morgan fingerprint density at radius 1 is 1.32 bits per heavy atom. The van der Waals surface area contributed by atoms with E-state index in [0.717, 1.165) is 0 Å². The predicted octanol–water partition coefficient (Wildman–Crippen LogP) is 1.72. The van der Waals surface area contributed by atoms with Crippen LogP contribution in [0.1, 0.15) is 19.4 Å². The maximum atomic E-state index is 12.0. The average Bonchev–Trinajstić information content (AvgIpc) is 2.27. The number of carbonyl (C=O) groups excluding carboxylic acids is 1. The van der Waals surface area contributed by atoms with Crippen LogP contribution in [0.4, 0.5) is 8.78 Å². The lowest BCUT2D eigenvalue weighted by Gasteiger charge is -2.26. The lowest BCUT2D eigenvalue weighted by atomic mass is 9.92. The second-order valence-corrected chi connectivity index (χ2v) is 4.01. The highest BCUT2D eigenvalue weighted by Crippen LogP contribution is 2.24. The molecule has 0 radical (unpaired) electrons. The van der Waals surface area contributed by atoms with Crippen molar-refractivity contribution in [2.24, 2.45) is 0 Å². The second kappa shape index (κ2) is 5.64. The molecule has 104 valence electrons. The summed E-state index contributed by atoms with van der Waals surface area (Å²) in [6.07, 6.45) is 0. The van der Waals surface area contributed by atoms with Gasteiger partial charge in [-0.25, -0.2) is 4.79 Å². The molecular weight excluding hydrogens is 260 g/mol. The van der Waals surface area contributed by atoms with E-state index < -0.39 is 24.0 Å². The van der Waals surface area contributed by atoms with E-state index in [1.54, 1.807) is 0 Å². The molecule has 1 rings (SSSR count). The van der Waals surface area contributed by atoms with Crippen LogP contribution >= 0.6 is 0 Å². The van der Waals surface area contributed by atoms with Gasteiger partial charge in [0.15, 0.2) is 5.54 Å². The SMILES string of the molecule is CC(=O)NC(C)(C(=O)O)c1ccc(OC(F)F)cc1. The van der Waals surface area contributed by atoms with Gasteiger partial charge in [-0.3, -0.25) is 4.79 Å². The highest BCUT2D eigenvalue weighted by Gasteiger charge is 2.36. The number of alkyl halides is 2. The third-order valence-electron chi connectivity index (χ3n) is 2.51. The van der Waals surface area contributed by atoms with Crippen molar-refractivity contribution in [2.45, 2.75) is 26.0 Å². The lowest BCUT2D eigenvalue weighted by molar-refractivity contribution is -0.147. The van der Waals surface area contributed by atoms with Crippen LogP contribution in [0.25, 0.3) is 0 Å². The van der Waals surface area contributed by atoms with Gasteiger partial charge >= 0.3 is 12.6 Å². The number of rotatable bonds is 5. The Kier molecular flexibility index (Phi) is 4.42. The topological polar surface area (TPSA) is 75.6 Å². The van der Waals surface area contributed by atoms with Crippen molar-refractivity contribution in [1.82, 2.24) is 5.32 Å². The predicted molar refractivity (Wildman–Crippen MR) is 61.9 cm³/mol. The number of nitrogens with one attached hydrogen (secondary N) is 1. The lowest BCUT2D eigenvalue weighted by Crippen LogP contribution is -2.48. The van der Waals surface area contributed by atoms with Crippen LogP contribution in [-0.2, 0) is 15.1 Å². The molecule has 0 aliphatic carbocycles. The summed E-state index contributed by atoms with van der Waals surface area (Å²) in [4.78, 5) is 22.3. The van der Waals surface area contributed by atoms with Crippen molar-refractivity contribution in [2.75, 3.05) is 0 Å². The van der Waals surface area contributed by atoms with Crippen LogP contribution in [0, 0.1) is 0 Å². The number of halogens is 2. The van der Waals surface area contributed by atoms with Crippen LogP contribution in [-0.4, -0.2) is 23.6 Å². The molecule has 2 N–H and O–H groups in total. The number of amides is 1. The van der Waals surface area contributed by atoms with Crippen LogP contribution in [0.15, 0.2) is 24.3 Å². The minimum Gasteiger partial charge on any atom is -0.479 e. The quantitative estimate of drug-likeness (QED) is 0.856. The molecule has 0 saturated heterocycles. The molecular formula is C12H13F2NO4. The van der Waals surface area contributed by atoms with Crippen molar-refractivity contribution in [1.29, 1.82) is 0 Å². The average molecular weight is 273 g/mol. The van der Waals surface area contributed by atoms with Crippen molar-refractivity contribution in [3.8, 4) is 5.75 Å². The van der Waals surface area contributed by atoms with Crippen LogP contribution in [0.2, 0.25) is 0 Å². The van der Waals surface area contributed by atoms with E-state index in [1.165, 1.54) is 38.1 Å². The summed E-state index contributed by atoms with van der Waals surface area (Å²) in [5.74, 6) is -1.86. The Hall–Kier alpha value is -2.18. The van der Waals surface area contributed by atoms with E-state index >= 15 is 0 Å². The summed E-state index contributed by atoms with van der Waals surface area (Å²) in [6.45, 7) is -0.457. The zero-order chi connectivity index (χ0) is 14.6. The molecule has 7 heteroatoms. The normalized spacial score (nSPS) is 13.7. The fourth-order valence-electron chi connectivity index (χ4n) is 1.57. The number of ether oxygens (including phenoxy) is 1. The molecule has 19 heavy (non-hydrogen) atoms. The Morgan fingerprint density at radius 3 is 2.21 bits per heavy atom. The molecule has 0 bridgehead atoms. The highest BCUT2D eigenvalue weighted by atomic mass is 19.3. The second-order valence-electron chi connectivity index (χ2n) is 4.01. The van der Waals surface area contributed by atoms with Gasteiger partial charge < -0.3 is 15.2 Å². The number of hydrogen-bond donors (Lipinski definition) is 2. The molecule has 1 amide bonds. The Morgan fingerprint density at radius 2 is 1.84 bits per heavy atom. The van der Waals surface area contributed by atoms with Gasteiger partial charge in [0, 0.05) is 6.92 Å². The van der Waals surface area contributed by atoms with Crippen LogP contribution in [0.3, 0.4) is 0 Å². The zero-order valence-electron chi connectivity index (χ0n) is 10.3. The summed E-state index contributed by atoms with van der Waals surface area (Å²) < 4.78 is 28.1. The van der Waals surface area contributed by atoms with Crippen LogP contribution < -0.4 is 10.1 Å².